The summed E-state index contributed by atoms with van der Waals surface area (Å²) in [7, 11) is 0. The van der Waals surface area contributed by atoms with Crippen LogP contribution in [0.25, 0.3) is 110 Å². The number of rotatable bonds is 6. The second-order valence-electron chi connectivity index (χ2n) is 14.7. The zero-order valence-electron chi connectivity index (χ0n) is 32.2. The van der Waals surface area contributed by atoms with Crippen LogP contribution in [0.1, 0.15) is 0 Å². The largest absolute Gasteiger partial charge is 0.309 e. The first-order valence-electron chi connectivity index (χ1n) is 19.7. The van der Waals surface area contributed by atoms with E-state index in [2.05, 4.69) is 152 Å². The van der Waals surface area contributed by atoms with Gasteiger partial charge in [-0.05, 0) is 65.4 Å². The molecule has 0 aliphatic rings. The van der Waals surface area contributed by atoms with Gasteiger partial charge in [-0.25, -0.2) is 19.7 Å². The Morgan fingerprint density at radius 2 is 0.817 bits per heavy atom. The Labute approximate surface area is 346 Å². The molecule has 0 N–H and O–H groups in total. The van der Waals surface area contributed by atoms with Crippen molar-refractivity contribution in [3.8, 4) is 56.4 Å². The third-order valence-electron chi connectivity index (χ3n) is 11.4. The maximum atomic E-state index is 7.84. The molecule has 0 aliphatic heterocycles. The average Bonchev–Trinajstić information content (AvgIpc) is 3.83. The van der Waals surface area contributed by atoms with Crippen molar-refractivity contribution >= 4 is 55.0 Å². The molecule has 3 aromatic heterocycles. The lowest BCUT2D eigenvalue weighted by molar-refractivity contribution is 1.15. The van der Waals surface area contributed by atoms with Gasteiger partial charge in [0.2, 0.25) is 0 Å². The van der Waals surface area contributed by atoms with Gasteiger partial charge >= 0.3 is 0 Å². The Balaban J connectivity index is 1.28. The van der Waals surface area contributed by atoms with E-state index in [1.54, 1.807) is 0 Å². The number of para-hydroxylation sites is 3. The average molecular weight is 765 g/mol. The summed E-state index contributed by atoms with van der Waals surface area (Å²) in [6, 6.07) is 66.3. The van der Waals surface area contributed by atoms with Crippen LogP contribution in [-0.4, -0.2) is 19.1 Å². The molecule has 0 aliphatic carbocycles. The molecule has 0 amide bonds. The Hall–Kier alpha value is -8.58. The molecule has 0 saturated heterocycles. The first kappa shape index (κ1) is 34.7. The topological polar surface area (TPSA) is 44.4 Å². The standard InChI is InChI=1S/C54H32N6/c1-55-37-28-30-50-43(32-37)39-20-9-12-24-47(39)59(50)49-26-14-11-22-41(49)53-42(54-57-45(35-16-5-3-6-17-35)34-46(58-54)36-18-7-4-8-19-36)23-15-27-52(53)60-48-25-13-10-21-40(48)44-33-38(56-2)29-31-51(44)60/h3-34H. The monoisotopic (exact) mass is 764 g/mol. The molecule has 0 saturated carbocycles. The van der Waals surface area contributed by atoms with Crippen molar-refractivity contribution in [2.24, 2.45) is 0 Å². The van der Waals surface area contributed by atoms with Crippen molar-refractivity contribution < 1.29 is 0 Å². The second-order valence-corrected chi connectivity index (χ2v) is 14.7. The van der Waals surface area contributed by atoms with Gasteiger partial charge in [0, 0.05) is 38.6 Å². The van der Waals surface area contributed by atoms with E-state index in [4.69, 9.17) is 23.1 Å². The van der Waals surface area contributed by atoms with E-state index in [-0.39, 0.29) is 0 Å². The Bertz CT molecular complexity index is 3510. The van der Waals surface area contributed by atoms with Gasteiger partial charge in [0.25, 0.3) is 0 Å². The summed E-state index contributed by atoms with van der Waals surface area (Å²) in [6.45, 7) is 15.7. The summed E-state index contributed by atoms with van der Waals surface area (Å²) in [5.41, 5.74) is 13.6. The summed E-state index contributed by atoms with van der Waals surface area (Å²) in [5, 5.41) is 4.17. The summed E-state index contributed by atoms with van der Waals surface area (Å²) in [4.78, 5) is 18.3. The third-order valence-corrected chi connectivity index (χ3v) is 11.4. The molecule has 278 valence electrons. The van der Waals surface area contributed by atoms with Crippen LogP contribution in [0.4, 0.5) is 11.4 Å². The first-order chi connectivity index (χ1) is 29.7. The molecule has 0 radical (unpaired) electrons. The first-order valence-corrected chi connectivity index (χ1v) is 19.7. The van der Waals surface area contributed by atoms with Crippen LogP contribution in [-0.2, 0) is 0 Å². The lowest BCUT2D eigenvalue weighted by Gasteiger charge is -2.21. The summed E-state index contributed by atoms with van der Waals surface area (Å²) >= 11 is 0. The fourth-order valence-corrected chi connectivity index (χ4v) is 8.74. The molecular weight excluding hydrogens is 733 g/mol. The molecule has 0 fully saturated rings. The van der Waals surface area contributed by atoms with Crippen LogP contribution in [0.3, 0.4) is 0 Å². The molecule has 60 heavy (non-hydrogen) atoms. The van der Waals surface area contributed by atoms with Crippen molar-refractivity contribution in [1.82, 2.24) is 19.1 Å². The highest BCUT2D eigenvalue weighted by molar-refractivity contribution is 6.13. The predicted octanol–water partition coefficient (Wildman–Crippen LogP) is 14.4. The number of aromatic nitrogens is 4. The number of hydrogen-bond donors (Lipinski definition) is 0. The van der Waals surface area contributed by atoms with E-state index in [0.717, 1.165) is 94.2 Å². The molecule has 3 heterocycles. The molecule has 11 rings (SSSR count). The van der Waals surface area contributed by atoms with Crippen LogP contribution < -0.4 is 0 Å². The van der Waals surface area contributed by atoms with Crippen molar-refractivity contribution in [2.75, 3.05) is 0 Å². The minimum absolute atomic E-state index is 0.594. The summed E-state index contributed by atoms with van der Waals surface area (Å²) < 4.78 is 4.64. The Morgan fingerprint density at radius 1 is 0.367 bits per heavy atom. The minimum atomic E-state index is 0.594. The zero-order valence-corrected chi connectivity index (χ0v) is 32.2. The normalized spacial score (nSPS) is 11.3. The number of fused-ring (bicyclic) bond motifs is 6. The quantitative estimate of drug-likeness (QED) is 0.158. The number of benzene rings is 8. The maximum absolute atomic E-state index is 7.84. The van der Waals surface area contributed by atoms with Crippen molar-refractivity contribution in [1.29, 1.82) is 0 Å². The fourth-order valence-electron chi connectivity index (χ4n) is 8.74. The van der Waals surface area contributed by atoms with E-state index < -0.39 is 0 Å². The molecule has 0 spiro atoms. The van der Waals surface area contributed by atoms with Crippen molar-refractivity contribution in [3.63, 3.8) is 0 Å². The Morgan fingerprint density at radius 3 is 1.38 bits per heavy atom. The highest BCUT2D eigenvalue weighted by Gasteiger charge is 2.24. The van der Waals surface area contributed by atoms with E-state index in [9.17, 15) is 0 Å². The van der Waals surface area contributed by atoms with Gasteiger partial charge in [0.15, 0.2) is 17.2 Å². The molecule has 0 unspecified atom stereocenters. The smallest absolute Gasteiger partial charge is 0.188 e. The molecule has 6 nitrogen and oxygen atoms in total. The lowest BCUT2D eigenvalue weighted by Crippen LogP contribution is -2.04. The van der Waals surface area contributed by atoms with E-state index in [0.29, 0.717) is 17.2 Å². The van der Waals surface area contributed by atoms with Crippen molar-refractivity contribution in [3.05, 3.63) is 217 Å². The molecule has 11 aromatic rings. The third kappa shape index (κ3) is 5.56. The van der Waals surface area contributed by atoms with Gasteiger partial charge < -0.3 is 9.13 Å². The Kier molecular flexibility index (Phi) is 8.15. The predicted molar refractivity (Wildman–Crippen MR) is 245 cm³/mol. The fraction of sp³-hybridized carbons (Fsp3) is 0. The SMILES string of the molecule is [C-]#[N+]c1ccc2c(c1)c1ccccc1n2-c1ccccc1-c1c(-c2nc(-c3ccccc3)cc(-c3ccccc3)n2)cccc1-n1c2ccccc2c2cc([N+]#[C-])ccc21. The van der Waals surface area contributed by atoms with Gasteiger partial charge in [-0.2, -0.15) is 0 Å². The molecule has 0 bridgehead atoms. The van der Waals surface area contributed by atoms with Gasteiger partial charge in [-0.3, -0.25) is 0 Å². The molecule has 0 atom stereocenters. The van der Waals surface area contributed by atoms with Crippen LogP contribution >= 0.6 is 0 Å². The summed E-state index contributed by atoms with van der Waals surface area (Å²) in [6.07, 6.45) is 0. The van der Waals surface area contributed by atoms with E-state index in [1.165, 1.54) is 0 Å². The minimum Gasteiger partial charge on any atom is -0.309 e. The van der Waals surface area contributed by atoms with E-state index in [1.807, 2.05) is 60.7 Å². The summed E-state index contributed by atoms with van der Waals surface area (Å²) in [5.74, 6) is 0.599. The van der Waals surface area contributed by atoms with E-state index >= 15 is 0 Å². The van der Waals surface area contributed by atoms with Gasteiger partial charge in [0.05, 0.1) is 58.0 Å². The molecule has 6 heteroatoms. The van der Waals surface area contributed by atoms with Gasteiger partial charge in [-0.1, -0.05) is 140 Å². The highest BCUT2D eigenvalue weighted by atomic mass is 15.0. The zero-order chi connectivity index (χ0) is 40.2. The molecular formula is C54H32N6. The maximum Gasteiger partial charge on any atom is 0.188 e. The van der Waals surface area contributed by atoms with Crippen LogP contribution in [0.15, 0.2) is 194 Å². The van der Waals surface area contributed by atoms with Crippen LogP contribution in [0, 0.1) is 13.1 Å². The van der Waals surface area contributed by atoms with Gasteiger partial charge in [0.1, 0.15) is 0 Å². The van der Waals surface area contributed by atoms with Gasteiger partial charge in [-0.15, -0.1) is 0 Å². The number of nitrogens with zero attached hydrogens (tertiary/aromatic N) is 6. The van der Waals surface area contributed by atoms with Crippen LogP contribution in [0.5, 0.6) is 0 Å². The van der Waals surface area contributed by atoms with Crippen LogP contribution in [0.2, 0.25) is 0 Å². The highest BCUT2D eigenvalue weighted by Crippen LogP contribution is 2.45. The molecule has 8 aromatic carbocycles. The van der Waals surface area contributed by atoms with Crippen molar-refractivity contribution in [2.45, 2.75) is 0 Å². The number of hydrogen-bond acceptors (Lipinski definition) is 2. The second kappa shape index (κ2) is 14.1. The lowest BCUT2D eigenvalue weighted by atomic mass is 9.94.